The molecular formula is C16H22O4. The molecule has 110 valence electrons. The van der Waals surface area contributed by atoms with Crippen LogP contribution in [-0.4, -0.2) is 30.9 Å². The molecule has 4 nitrogen and oxygen atoms in total. The smallest absolute Gasteiger partial charge is 0.328 e. The first-order chi connectivity index (χ1) is 9.59. The Kier molecular flexibility index (Phi) is 7.62. The van der Waals surface area contributed by atoms with Crippen LogP contribution in [0.2, 0.25) is 0 Å². The third kappa shape index (κ3) is 7.07. The quantitative estimate of drug-likeness (QED) is 0.557. The molecule has 20 heavy (non-hydrogen) atoms. The van der Waals surface area contributed by atoms with Gasteiger partial charge in [-0.2, -0.15) is 0 Å². The van der Waals surface area contributed by atoms with E-state index in [1.54, 1.807) is 6.08 Å². The number of carbonyl (C=O) groups is 1. The summed E-state index contributed by atoms with van der Waals surface area (Å²) in [5.41, 5.74) is 1.83. The third-order valence-corrected chi connectivity index (χ3v) is 2.54. The highest BCUT2D eigenvalue weighted by atomic mass is 16.5. The van der Waals surface area contributed by atoms with Gasteiger partial charge in [0.2, 0.25) is 0 Å². The minimum atomic E-state index is -0.956. The van der Waals surface area contributed by atoms with Crippen LogP contribution in [0.4, 0.5) is 0 Å². The van der Waals surface area contributed by atoms with Crippen LogP contribution in [0.1, 0.15) is 25.0 Å². The monoisotopic (exact) mass is 278 g/mol. The predicted octanol–water partition coefficient (Wildman–Crippen LogP) is 2.97. The van der Waals surface area contributed by atoms with Gasteiger partial charge in [-0.05, 0) is 23.1 Å². The lowest BCUT2D eigenvalue weighted by molar-refractivity contribution is -0.131. The summed E-state index contributed by atoms with van der Waals surface area (Å²) in [7, 11) is 0. The van der Waals surface area contributed by atoms with Crippen molar-refractivity contribution in [2.45, 2.75) is 20.5 Å². The minimum absolute atomic E-state index is 0.450. The van der Waals surface area contributed by atoms with E-state index >= 15 is 0 Å². The van der Waals surface area contributed by atoms with Gasteiger partial charge < -0.3 is 14.6 Å². The molecule has 0 radical (unpaired) electrons. The van der Waals surface area contributed by atoms with E-state index in [1.807, 2.05) is 24.3 Å². The first kappa shape index (κ1) is 16.4. The van der Waals surface area contributed by atoms with Gasteiger partial charge in [0.15, 0.2) is 0 Å². The Morgan fingerprint density at radius 3 is 2.65 bits per heavy atom. The number of aliphatic carboxylic acids is 1. The molecule has 0 saturated carbocycles. The van der Waals surface area contributed by atoms with Crippen molar-refractivity contribution in [2.24, 2.45) is 5.92 Å². The van der Waals surface area contributed by atoms with E-state index in [1.165, 1.54) is 0 Å². The molecule has 0 atom stereocenters. The number of hydrogen-bond donors (Lipinski definition) is 1. The van der Waals surface area contributed by atoms with E-state index in [0.29, 0.717) is 25.7 Å². The summed E-state index contributed by atoms with van der Waals surface area (Å²) in [6, 6.07) is 7.58. The molecule has 1 aromatic carbocycles. The number of benzene rings is 1. The van der Waals surface area contributed by atoms with Crippen molar-refractivity contribution in [3.63, 3.8) is 0 Å². The van der Waals surface area contributed by atoms with Crippen LogP contribution in [-0.2, 0) is 20.9 Å². The summed E-state index contributed by atoms with van der Waals surface area (Å²) in [6.07, 6.45) is 2.71. The van der Waals surface area contributed by atoms with Crippen LogP contribution < -0.4 is 0 Å². The average Bonchev–Trinajstić information content (AvgIpc) is 2.41. The molecule has 1 rings (SSSR count). The lowest BCUT2D eigenvalue weighted by Gasteiger charge is -2.09. The maximum absolute atomic E-state index is 10.5. The highest BCUT2D eigenvalue weighted by molar-refractivity contribution is 5.85. The standard InChI is InChI=1S/C16H22O4/c1-13(2)11-19-9-10-20-12-15-6-4-3-5-14(15)7-8-16(17)18/h3-8,13H,9-12H2,1-2H3,(H,17,18)/b8-7+. The largest absolute Gasteiger partial charge is 0.478 e. The number of carboxylic acids is 1. The number of rotatable bonds is 9. The Bertz CT molecular complexity index is 438. The molecule has 0 aliphatic rings. The van der Waals surface area contributed by atoms with E-state index in [2.05, 4.69) is 13.8 Å². The second-order valence-electron chi connectivity index (χ2n) is 4.89. The molecule has 0 aliphatic heterocycles. The zero-order chi connectivity index (χ0) is 14.8. The molecule has 0 aliphatic carbocycles. The molecule has 4 heteroatoms. The second-order valence-corrected chi connectivity index (χ2v) is 4.89. The maximum atomic E-state index is 10.5. The fourth-order valence-electron chi connectivity index (χ4n) is 1.61. The van der Waals surface area contributed by atoms with Crippen LogP contribution >= 0.6 is 0 Å². The van der Waals surface area contributed by atoms with Gasteiger partial charge in [0, 0.05) is 12.7 Å². The second kappa shape index (κ2) is 9.28. The zero-order valence-electron chi connectivity index (χ0n) is 12.0. The molecule has 0 bridgehead atoms. The van der Waals surface area contributed by atoms with Crippen molar-refractivity contribution >= 4 is 12.0 Å². The molecule has 0 spiro atoms. The highest BCUT2D eigenvalue weighted by Crippen LogP contribution is 2.12. The van der Waals surface area contributed by atoms with Gasteiger partial charge in [-0.3, -0.25) is 0 Å². The van der Waals surface area contributed by atoms with Crippen LogP contribution in [0.3, 0.4) is 0 Å². The lowest BCUT2D eigenvalue weighted by atomic mass is 10.1. The van der Waals surface area contributed by atoms with Crippen molar-refractivity contribution in [2.75, 3.05) is 19.8 Å². The van der Waals surface area contributed by atoms with Crippen molar-refractivity contribution in [3.8, 4) is 0 Å². The molecular weight excluding hydrogens is 256 g/mol. The molecule has 0 unspecified atom stereocenters. The molecule has 0 aromatic heterocycles. The fraction of sp³-hybridized carbons (Fsp3) is 0.438. The summed E-state index contributed by atoms with van der Waals surface area (Å²) in [5.74, 6) is -0.431. The molecule has 0 fully saturated rings. The maximum Gasteiger partial charge on any atom is 0.328 e. The van der Waals surface area contributed by atoms with Gasteiger partial charge in [-0.15, -0.1) is 0 Å². The van der Waals surface area contributed by atoms with Crippen LogP contribution in [0.15, 0.2) is 30.3 Å². The number of hydrogen-bond acceptors (Lipinski definition) is 3. The summed E-state index contributed by atoms with van der Waals surface area (Å²) in [5, 5.41) is 8.65. The summed E-state index contributed by atoms with van der Waals surface area (Å²) < 4.78 is 11.0. The molecule has 0 amide bonds. The minimum Gasteiger partial charge on any atom is -0.478 e. The Hall–Kier alpha value is -1.65. The topological polar surface area (TPSA) is 55.8 Å². The van der Waals surface area contributed by atoms with Crippen LogP contribution in [0, 0.1) is 5.92 Å². The van der Waals surface area contributed by atoms with Crippen molar-refractivity contribution in [1.82, 2.24) is 0 Å². The average molecular weight is 278 g/mol. The Balaban J connectivity index is 2.38. The van der Waals surface area contributed by atoms with Crippen molar-refractivity contribution < 1.29 is 19.4 Å². The molecule has 0 saturated heterocycles. The number of ether oxygens (including phenoxy) is 2. The van der Waals surface area contributed by atoms with Crippen LogP contribution in [0.5, 0.6) is 0 Å². The van der Waals surface area contributed by atoms with Gasteiger partial charge in [-0.25, -0.2) is 4.79 Å². The zero-order valence-corrected chi connectivity index (χ0v) is 12.0. The normalized spacial score (nSPS) is 11.3. The van der Waals surface area contributed by atoms with Crippen molar-refractivity contribution in [3.05, 3.63) is 41.5 Å². The fourth-order valence-corrected chi connectivity index (χ4v) is 1.61. The van der Waals surface area contributed by atoms with E-state index in [0.717, 1.165) is 23.8 Å². The van der Waals surface area contributed by atoms with Gasteiger partial charge >= 0.3 is 5.97 Å². The van der Waals surface area contributed by atoms with Crippen molar-refractivity contribution in [1.29, 1.82) is 0 Å². The lowest BCUT2D eigenvalue weighted by Crippen LogP contribution is -2.08. The van der Waals surface area contributed by atoms with Gasteiger partial charge in [-0.1, -0.05) is 38.1 Å². The van der Waals surface area contributed by atoms with Crippen LogP contribution in [0.25, 0.3) is 6.08 Å². The van der Waals surface area contributed by atoms with Gasteiger partial charge in [0.25, 0.3) is 0 Å². The van der Waals surface area contributed by atoms with Gasteiger partial charge in [0.1, 0.15) is 0 Å². The number of carboxylic acid groups (broad SMARTS) is 1. The molecule has 1 N–H and O–H groups in total. The SMILES string of the molecule is CC(C)COCCOCc1ccccc1/C=C/C(=O)O. The Labute approximate surface area is 120 Å². The molecule has 1 aromatic rings. The van der Waals surface area contributed by atoms with E-state index in [4.69, 9.17) is 14.6 Å². The van der Waals surface area contributed by atoms with Gasteiger partial charge in [0.05, 0.1) is 19.8 Å². The third-order valence-electron chi connectivity index (χ3n) is 2.54. The van der Waals surface area contributed by atoms with E-state index in [-0.39, 0.29) is 0 Å². The highest BCUT2D eigenvalue weighted by Gasteiger charge is 2.00. The first-order valence-electron chi connectivity index (χ1n) is 6.74. The predicted molar refractivity (Wildman–Crippen MR) is 78.4 cm³/mol. The first-order valence-corrected chi connectivity index (χ1v) is 6.74. The summed E-state index contributed by atoms with van der Waals surface area (Å²) in [4.78, 5) is 10.5. The summed E-state index contributed by atoms with van der Waals surface area (Å²) in [6.45, 7) is 6.50. The Morgan fingerprint density at radius 2 is 1.95 bits per heavy atom. The summed E-state index contributed by atoms with van der Waals surface area (Å²) >= 11 is 0. The van der Waals surface area contributed by atoms with E-state index < -0.39 is 5.97 Å². The Morgan fingerprint density at radius 1 is 1.25 bits per heavy atom. The van der Waals surface area contributed by atoms with E-state index in [9.17, 15) is 4.79 Å². The molecule has 0 heterocycles.